The Kier molecular flexibility index (Phi) is 5.60. The minimum atomic E-state index is -4.74. The van der Waals surface area contributed by atoms with Crippen molar-refractivity contribution in [2.45, 2.75) is 49.3 Å². The van der Waals surface area contributed by atoms with Gasteiger partial charge in [0.1, 0.15) is 28.3 Å². The van der Waals surface area contributed by atoms with Gasteiger partial charge in [0.25, 0.3) is 0 Å². The van der Waals surface area contributed by atoms with E-state index < -0.39 is 27.1 Å². The van der Waals surface area contributed by atoms with Crippen molar-refractivity contribution in [2.24, 2.45) is 0 Å². The van der Waals surface area contributed by atoms with Crippen LogP contribution in [0.15, 0.2) is 29.6 Å². The third kappa shape index (κ3) is 3.92. The molecule has 0 spiro atoms. The SMILES string of the molecule is C[C@H](NS(=O)(=O)c1cnc(-c2c(C#N)c3cc(Cl)cnc3n2C2CCC2)nc1)C(F)(F)F. The van der Waals surface area contributed by atoms with E-state index in [0.717, 1.165) is 31.7 Å². The number of fused-ring (bicyclic) bond motifs is 1. The minimum absolute atomic E-state index is 0.0598. The predicted octanol–water partition coefficient (Wildman–Crippen LogP) is 3.97. The largest absolute Gasteiger partial charge is 0.404 e. The second kappa shape index (κ2) is 7.99. The highest BCUT2D eigenvalue weighted by Crippen LogP contribution is 2.41. The summed E-state index contributed by atoms with van der Waals surface area (Å²) >= 11 is 6.06. The maximum Gasteiger partial charge on any atom is 0.404 e. The van der Waals surface area contributed by atoms with E-state index >= 15 is 0 Å². The second-order valence-corrected chi connectivity index (χ2v) is 9.59. The summed E-state index contributed by atoms with van der Waals surface area (Å²) < 4.78 is 66.2. The van der Waals surface area contributed by atoms with E-state index in [2.05, 4.69) is 21.0 Å². The van der Waals surface area contributed by atoms with E-state index in [1.165, 1.54) is 6.20 Å². The molecule has 0 unspecified atom stereocenters. The van der Waals surface area contributed by atoms with Crippen LogP contribution in [0.2, 0.25) is 5.02 Å². The average Bonchev–Trinajstić information content (AvgIpc) is 2.99. The lowest BCUT2D eigenvalue weighted by Gasteiger charge is -2.29. The lowest BCUT2D eigenvalue weighted by Crippen LogP contribution is -2.43. The van der Waals surface area contributed by atoms with Crippen molar-refractivity contribution < 1.29 is 21.6 Å². The first kappa shape index (κ1) is 22.4. The Hall–Kier alpha value is -2.75. The van der Waals surface area contributed by atoms with Gasteiger partial charge in [0.2, 0.25) is 10.0 Å². The van der Waals surface area contributed by atoms with E-state index in [-0.39, 0.29) is 17.4 Å². The molecule has 0 bridgehead atoms. The first-order chi connectivity index (χ1) is 15.0. The summed E-state index contributed by atoms with van der Waals surface area (Å²) in [6.07, 6.45) is 1.27. The summed E-state index contributed by atoms with van der Waals surface area (Å²) in [5.41, 5.74) is 1.13. The molecule has 32 heavy (non-hydrogen) atoms. The summed E-state index contributed by atoms with van der Waals surface area (Å²) in [6.45, 7) is 0.696. The summed E-state index contributed by atoms with van der Waals surface area (Å²) in [5.74, 6) is 0.0605. The van der Waals surface area contributed by atoms with Crippen molar-refractivity contribution in [2.75, 3.05) is 0 Å². The molecule has 13 heteroatoms. The van der Waals surface area contributed by atoms with Gasteiger partial charge < -0.3 is 4.57 Å². The van der Waals surface area contributed by atoms with Crippen molar-refractivity contribution in [3.8, 4) is 17.6 Å². The van der Waals surface area contributed by atoms with Gasteiger partial charge in [0.15, 0.2) is 5.82 Å². The number of aromatic nitrogens is 4. The Morgan fingerprint density at radius 3 is 2.44 bits per heavy atom. The number of sulfonamides is 1. The standard InChI is InChI=1S/C19H16ClF3N6O2S/c1-10(19(21,22)23)28-32(30,31)13-8-25-17(26-9-13)16-15(6-24)14-5-11(20)7-27-18(14)29(16)12-3-2-4-12/h5,7-10,12,28H,2-4H2,1H3/t10-/m0/s1. The van der Waals surface area contributed by atoms with Crippen LogP contribution in [0, 0.1) is 11.3 Å². The third-order valence-corrected chi connectivity index (χ3v) is 7.04. The Morgan fingerprint density at radius 1 is 1.25 bits per heavy atom. The van der Waals surface area contributed by atoms with Crippen molar-refractivity contribution in [3.05, 3.63) is 35.2 Å². The van der Waals surface area contributed by atoms with Gasteiger partial charge in [-0.05, 0) is 32.3 Å². The van der Waals surface area contributed by atoms with E-state index in [4.69, 9.17) is 11.6 Å². The maximum absolute atomic E-state index is 12.7. The van der Waals surface area contributed by atoms with Crippen LogP contribution < -0.4 is 4.72 Å². The molecule has 0 radical (unpaired) electrons. The van der Waals surface area contributed by atoms with Gasteiger partial charge in [0.05, 0.1) is 23.0 Å². The molecule has 1 fully saturated rings. The number of nitriles is 1. The number of nitrogens with zero attached hydrogens (tertiary/aromatic N) is 5. The van der Waals surface area contributed by atoms with Crippen LogP contribution in [0.5, 0.6) is 0 Å². The highest BCUT2D eigenvalue weighted by atomic mass is 35.5. The molecule has 1 atom stereocenters. The van der Waals surface area contributed by atoms with E-state index in [0.29, 0.717) is 28.7 Å². The van der Waals surface area contributed by atoms with Gasteiger partial charge in [-0.15, -0.1) is 0 Å². The van der Waals surface area contributed by atoms with Crippen molar-refractivity contribution in [1.29, 1.82) is 5.26 Å². The number of hydrogen-bond donors (Lipinski definition) is 1. The molecule has 168 valence electrons. The molecule has 0 saturated heterocycles. The zero-order valence-electron chi connectivity index (χ0n) is 16.6. The average molecular weight is 485 g/mol. The molecule has 1 aliphatic carbocycles. The van der Waals surface area contributed by atoms with Gasteiger partial charge in [-0.25, -0.2) is 23.4 Å². The lowest BCUT2D eigenvalue weighted by atomic mass is 9.92. The molecular formula is C19H16ClF3N6O2S. The normalized spacial score (nSPS) is 16.0. The second-order valence-electron chi connectivity index (χ2n) is 7.44. The van der Waals surface area contributed by atoms with Crippen molar-refractivity contribution in [1.82, 2.24) is 24.2 Å². The van der Waals surface area contributed by atoms with E-state index in [1.54, 1.807) is 10.8 Å². The first-order valence-corrected chi connectivity index (χ1v) is 11.4. The molecule has 3 heterocycles. The molecule has 1 saturated carbocycles. The number of pyridine rings is 1. The molecule has 3 aromatic rings. The highest BCUT2D eigenvalue weighted by molar-refractivity contribution is 7.89. The van der Waals surface area contributed by atoms with E-state index in [9.17, 15) is 26.9 Å². The van der Waals surface area contributed by atoms with Crippen LogP contribution in [-0.4, -0.2) is 40.2 Å². The first-order valence-electron chi connectivity index (χ1n) is 9.54. The molecule has 0 amide bonds. The quantitative estimate of drug-likeness (QED) is 0.586. The van der Waals surface area contributed by atoms with Crippen LogP contribution >= 0.6 is 11.6 Å². The van der Waals surface area contributed by atoms with Crippen LogP contribution in [0.25, 0.3) is 22.6 Å². The number of hydrogen-bond acceptors (Lipinski definition) is 6. The molecule has 1 aliphatic rings. The summed E-state index contributed by atoms with van der Waals surface area (Å²) in [5, 5.41) is 10.7. The van der Waals surface area contributed by atoms with Crippen molar-refractivity contribution >= 4 is 32.7 Å². The van der Waals surface area contributed by atoms with Crippen molar-refractivity contribution in [3.63, 3.8) is 0 Å². The molecule has 4 rings (SSSR count). The number of nitrogens with one attached hydrogen (secondary N) is 1. The number of alkyl halides is 3. The smallest absolute Gasteiger partial charge is 0.318 e. The fraction of sp³-hybridized carbons (Fsp3) is 0.368. The molecule has 3 aromatic heterocycles. The molecule has 1 N–H and O–H groups in total. The fourth-order valence-corrected chi connectivity index (χ4v) is 4.72. The Balaban J connectivity index is 1.80. The zero-order chi connectivity index (χ0) is 23.3. The Morgan fingerprint density at radius 2 is 1.91 bits per heavy atom. The summed E-state index contributed by atoms with van der Waals surface area (Å²) in [4.78, 5) is 12.0. The Bertz CT molecular complexity index is 1330. The number of halogens is 4. The fourth-order valence-electron chi connectivity index (χ4n) is 3.44. The van der Waals surface area contributed by atoms with E-state index in [1.807, 2.05) is 4.57 Å². The zero-order valence-corrected chi connectivity index (χ0v) is 18.1. The van der Waals surface area contributed by atoms with Gasteiger partial charge in [-0.3, -0.25) is 0 Å². The minimum Gasteiger partial charge on any atom is -0.318 e. The molecular weight excluding hydrogens is 469 g/mol. The predicted molar refractivity (Wildman–Crippen MR) is 109 cm³/mol. The van der Waals surface area contributed by atoms with Gasteiger partial charge >= 0.3 is 6.18 Å². The highest BCUT2D eigenvalue weighted by Gasteiger charge is 2.39. The van der Waals surface area contributed by atoms with Crippen LogP contribution in [-0.2, 0) is 10.0 Å². The Labute approximate surface area is 186 Å². The maximum atomic E-state index is 12.7. The third-order valence-electron chi connectivity index (χ3n) is 5.33. The topological polar surface area (TPSA) is 114 Å². The van der Waals surface area contributed by atoms with Crippen LogP contribution in [0.4, 0.5) is 13.2 Å². The summed E-state index contributed by atoms with van der Waals surface area (Å²) in [6, 6.07) is 1.51. The monoisotopic (exact) mass is 484 g/mol. The van der Waals surface area contributed by atoms with Crippen LogP contribution in [0.1, 0.15) is 37.8 Å². The number of rotatable bonds is 5. The molecule has 0 aromatic carbocycles. The van der Waals surface area contributed by atoms with Gasteiger partial charge in [0, 0.05) is 17.6 Å². The van der Waals surface area contributed by atoms with Gasteiger partial charge in [-0.1, -0.05) is 11.6 Å². The molecule has 0 aliphatic heterocycles. The lowest BCUT2D eigenvalue weighted by molar-refractivity contribution is -0.147. The molecule has 8 nitrogen and oxygen atoms in total. The summed E-state index contributed by atoms with van der Waals surface area (Å²) in [7, 11) is -4.50. The van der Waals surface area contributed by atoms with Crippen LogP contribution in [0.3, 0.4) is 0 Å². The van der Waals surface area contributed by atoms with Gasteiger partial charge in [-0.2, -0.15) is 23.2 Å².